The van der Waals surface area contributed by atoms with Crippen LogP contribution in [-0.2, 0) is 16.6 Å². The fourth-order valence-corrected chi connectivity index (χ4v) is 6.36. The maximum absolute atomic E-state index is 12.1. The van der Waals surface area contributed by atoms with Crippen molar-refractivity contribution in [3.8, 4) is 5.75 Å². The average molecular weight is 420 g/mol. The zero-order valence-corrected chi connectivity index (χ0v) is 18.3. The number of hydrogen-bond donors (Lipinski definition) is 4. The number of para-hydroxylation sites is 2. The number of amides is 1. The molecule has 1 saturated heterocycles. The van der Waals surface area contributed by atoms with Crippen molar-refractivity contribution in [3.05, 3.63) is 47.5 Å². The number of nitrogens with one attached hydrogen (secondary N) is 3. The van der Waals surface area contributed by atoms with Crippen LogP contribution in [0.15, 0.2) is 36.4 Å². The van der Waals surface area contributed by atoms with Gasteiger partial charge >= 0.3 is 0 Å². The number of fused-ring (bicyclic) bond motifs is 1. The molecule has 3 atom stereocenters. The number of anilines is 3. The summed E-state index contributed by atoms with van der Waals surface area (Å²) in [5, 5.41) is 21.2. The molecule has 0 unspecified atom stereocenters. The summed E-state index contributed by atoms with van der Waals surface area (Å²) in [4.78, 5) is 12.1. The van der Waals surface area contributed by atoms with Crippen molar-refractivity contribution in [3.63, 3.8) is 0 Å². The van der Waals surface area contributed by atoms with Crippen LogP contribution in [0, 0.1) is 5.92 Å². The molecule has 2 fully saturated rings. The number of phenolic OH excluding ortho intramolecular Hbond substituents is 1. The van der Waals surface area contributed by atoms with Crippen LogP contribution in [-0.4, -0.2) is 23.6 Å². The van der Waals surface area contributed by atoms with Gasteiger partial charge in [0.2, 0.25) is 5.91 Å². The monoisotopic (exact) mass is 419 g/mol. The van der Waals surface area contributed by atoms with Crippen LogP contribution >= 0.6 is 0 Å². The predicted octanol–water partition coefficient (Wildman–Crippen LogP) is 5.22. The van der Waals surface area contributed by atoms with E-state index in [-0.39, 0.29) is 11.3 Å². The van der Waals surface area contributed by atoms with E-state index in [0.717, 1.165) is 30.8 Å². The molecule has 4 N–H and O–H groups in total. The molecule has 5 nitrogen and oxygen atoms in total. The fraction of sp³-hybridized carbons (Fsp3) is 0.500. The molecule has 2 aromatic carbocycles. The maximum atomic E-state index is 12.1. The van der Waals surface area contributed by atoms with Gasteiger partial charge in [-0.05, 0) is 80.0 Å². The molecule has 0 aromatic heterocycles. The van der Waals surface area contributed by atoms with Crippen molar-refractivity contribution in [2.75, 3.05) is 17.2 Å². The van der Waals surface area contributed by atoms with Gasteiger partial charge in [-0.15, -0.1) is 0 Å². The van der Waals surface area contributed by atoms with E-state index < -0.39 is 0 Å². The van der Waals surface area contributed by atoms with Crippen LogP contribution in [0.1, 0.15) is 63.0 Å². The zero-order valence-electron chi connectivity index (χ0n) is 18.3. The zero-order chi connectivity index (χ0) is 21.4. The lowest BCUT2D eigenvalue weighted by atomic mass is 9.53. The molecule has 0 spiro atoms. The minimum Gasteiger partial charge on any atom is -0.506 e. The normalized spacial score (nSPS) is 26.5. The number of hydrogen-bond acceptors (Lipinski definition) is 4. The van der Waals surface area contributed by atoms with Crippen molar-refractivity contribution in [2.24, 2.45) is 5.92 Å². The van der Waals surface area contributed by atoms with E-state index >= 15 is 0 Å². The minimum atomic E-state index is 0.00718. The predicted molar refractivity (Wildman–Crippen MR) is 125 cm³/mol. The van der Waals surface area contributed by atoms with Crippen molar-refractivity contribution < 1.29 is 9.90 Å². The Kier molecular flexibility index (Phi) is 5.39. The smallest absolute Gasteiger partial charge is 0.224 e. The third kappa shape index (κ3) is 3.59. The van der Waals surface area contributed by atoms with E-state index in [4.69, 9.17) is 0 Å². The summed E-state index contributed by atoms with van der Waals surface area (Å²) in [5.74, 6) is 0.993. The Morgan fingerprint density at radius 2 is 2.00 bits per heavy atom. The molecule has 2 aliphatic carbocycles. The lowest BCUT2D eigenvalue weighted by Gasteiger charge is -2.56. The fourth-order valence-electron chi connectivity index (χ4n) is 6.36. The summed E-state index contributed by atoms with van der Waals surface area (Å²) in [7, 11) is 0. The maximum Gasteiger partial charge on any atom is 0.224 e. The molecule has 5 heteroatoms. The van der Waals surface area contributed by atoms with E-state index in [1.807, 2.05) is 37.3 Å². The van der Waals surface area contributed by atoms with Gasteiger partial charge in [0.05, 0.1) is 17.1 Å². The summed E-state index contributed by atoms with van der Waals surface area (Å²) in [5.41, 5.74) is 5.20. The Morgan fingerprint density at radius 1 is 1.16 bits per heavy atom. The molecular weight excluding hydrogens is 386 g/mol. The molecule has 5 rings (SSSR count). The highest BCUT2D eigenvalue weighted by atomic mass is 16.3. The second kappa shape index (κ2) is 8.19. The molecule has 2 bridgehead atoms. The van der Waals surface area contributed by atoms with E-state index in [0.29, 0.717) is 29.8 Å². The lowest BCUT2D eigenvalue weighted by molar-refractivity contribution is -0.116. The van der Waals surface area contributed by atoms with Crippen molar-refractivity contribution in [2.45, 2.75) is 69.7 Å². The lowest BCUT2D eigenvalue weighted by Crippen LogP contribution is -2.59. The van der Waals surface area contributed by atoms with Crippen LogP contribution in [0.5, 0.6) is 5.75 Å². The quantitative estimate of drug-likeness (QED) is 0.501. The first-order valence-corrected chi connectivity index (χ1v) is 11.9. The minimum absolute atomic E-state index is 0.00718. The summed E-state index contributed by atoms with van der Waals surface area (Å²) < 4.78 is 0. The van der Waals surface area contributed by atoms with Crippen molar-refractivity contribution >= 4 is 23.0 Å². The number of phenols is 1. The molecule has 31 heavy (non-hydrogen) atoms. The van der Waals surface area contributed by atoms with Crippen LogP contribution in [0.25, 0.3) is 0 Å². The van der Waals surface area contributed by atoms with Crippen LogP contribution in [0.4, 0.5) is 17.1 Å². The van der Waals surface area contributed by atoms with Gasteiger partial charge in [0.15, 0.2) is 0 Å². The van der Waals surface area contributed by atoms with Crippen LogP contribution in [0.3, 0.4) is 0 Å². The van der Waals surface area contributed by atoms with Gasteiger partial charge in [0, 0.05) is 17.9 Å². The number of rotatable bonds is 5. The molecule has 1 aliphatic heterocycles. The molecule has 1 saturated carbocycles. The van der Waals surface area contributed by atoms with Gasteiger partial charge in [-0.25, -0.2) is 0 Å². The second-order valence-corrected chi connectivity index (χ2v) is 9.52. The van der Waals surface area contributed by atoms with E-state index in [1.54, 1.807) is 0 Å². The van der Waals surface area contributed by atoms with Crippen molar-refractivity contribution in [1.29, 1.82) is 0 Å². The highest BCUT2D eigenvalue weighted by molar-refractivity contribution is 5.95. The summed E-state index contributed by atoms with van der Waals surface area (Å²) >= 11 is 0. The third-order valence-electron chi connectivity index (χ3n) is 7.71. The van der Waals surface area contributed by atoms with E-state index in [9.17, 15) is 9.90 Å². The number of piperidine rings is 1. The van der Waals surface area contributed by atoms with Gasteiger partial charge in [-0.3, -0.25) is 4.79 Å². The van der Waals surface area contributed by atoms with Crippen LogP contribution in [0.2, 0.25) is 0 Å². The van der Waals surface area contributed by atoms with Gasteiger partial charge in [-0.1, -0.05) is 31.9 Å². The van der Waals surface area contributed by atoms with E-state index in [1.165, 1.54) is 43.2 Å². The Balaban J connectivity index is 1.48. The molecular formula is C26H33N3O2. The highest BCUT2D eigenvalue weighted by Gasteiger charge is 2.51. The summed E-state index contributed by atoms with van der Waals surface area (Å²) in [6.45, 7) is 3.07. The summed E-state index contributed by atoms with van der Waals surface area (Å²) in [6, 6.07) is 12.4. The van der Waals surface area contributed by atoms with E-state index in [2.05, 4.69) is 22.0 Å². The Hall–Kier alpha value is -2.53. The summed E-state index contributed by atoms with van der Waals surface area (Å²) in [6.07, 6.45) is 8.64. The third-order valence-corrected chi connectivity index (χ3v) is 7.71. The Morgan fingerprint density at radius 3 is 2.84 bits per heavy atom. The second-order valence-electron chi connectivity index (χ2n) is 9.52. The SMILES string of the molecule is CCCC(=O)Nc1ccccc1Nc1cc2c(cc1O)[C@]13CCCC[C@@H]1[C@H](C2)NCC3. The van der Waals surface area contributed by atoms with Gasteiger partial charge < -0.3 is 21.1 Å². The molecule has 2 aromatic rings. The van der Waals surface area contributed by atoms with Crippen molar-refractivity contribution in [1.82, 2.24) is 5.32 Å². The first-order valence-electron chi connectivity index (χ1n) is 11.9. The highest BCUT2D eigenvalue weighted by Crippen LogP contribution is 2.55. The Bertz CT molecular complexity index is 985. The number of carbonyl (C=O) groups excluding carboxylic acids is 1. The first kappa shape index (κ1) is 20.4. The topological polar surface area (TPSA) is 73.4 Å². The van der Waals surface area contributed by atoms with Gasteiger partial charge in [0.25, 0.3) is 0 Å². The average Bonchev–Trinajstić information content (AvgIpc) is 2.76. The molecule has 3 aliphatic rings. The van der Waals surface area contributed by atoms with Crippen LogP contribution < -0.4 is 16.0 Å². The largest absolute Gasteiger partial charge is 0.506 e. The molecule has 164 valence electrons. The number of carbonyl (C=O) groups is 1. The molecule has 1 heterocycles. The Labute approximate surface area is 184 Å². The standard InChI is InChI=1S/C26H33N3O2/c1-2-7-25(31)29-21-10-4-3-9-20(21)28-23-15-17-14-22-18-8-5-6-11-26(18,12-13-27-22)19(17)16-24(23)30/h3-4,9-10,15-16,18,22,27-28,30H,2,5-8,11-14H2,1H3,(H,29,31)/t18-,22+,26+/m1/s1. The van der Waals surface area contributed by atoms with Gasteiger partial charge in [0.1, 0.15) is 5.75 Å². The molecule has 1 amide bonds. The first-order chi connectivity index (χ1) is 15.1. The molecule has 0 radical (unpaired) electrons. The number of aromatic hydroxyl groups is 1. The van der Waals surface area contributed by atoms with Gasteiger partial charge in [-0.2, -0.15) is 0 Å². The number of benzene rings is 2.